The van der Waals surface area contributed by atoms with Crippen LogP contribution in [-0.2, 0) is 11.3 Å². The van der Waals surface area contributed by atoms with E-state index in [2.05, 4.69) is 10.3 Å². The molecule has 1 aliphatic heterocycles. The Labute approximate surface area is 163 Å². The SMILES string of the molecule is N#Cc1cc(C(=O)NCC2CCN(C(=O)OCc3ccccc3)CC2)ccn1. The number of pyridine rings is 1. The number of nitrogens with zero attached hydrogens (tertiary/aromatic N) is 3. The highest BCUT2D eigenvalue weighted by Gasteiger charge is 2.24. The predicted molar refractivity (Wildman–Crippen MR) is 102 cm³/mol. The number of nitrogens with one attached hydrogen (secondary N) is 1. The fourth-order valence-electron chi connectivity index (χ4n) is 3.10. The summed E-state index contributed by atoms with van der Waals surface area (Å²) in [5, 5.41) is 11.8. The first-order valence-electron chi connectivity index (χ1n) is 9.25. The summed E-state index contributed by atoms with van der Waals surface area (Å²) in [6.45, 7) is 2.03. The topological polar surface area (TPSA) is 95.3 Å². The number of aromatic nitrogens is 1. The molecule has 0 aliphatic carbocycles. The van der Waals surface area contributed by atoms with Crippen molar-refractivity contribution < 1.29 is 14.3 Å². The molecule has 0 saturated carbocycles. The fraction of sp³-hybridized carbons (Fsp3) is 0.333. The number of nitriles is 1. The van der Waals surface area contributed by atoms with E-state index in [-0.39, 0.29) is 24.3 Å². The van der Waals surface area contributed by atoms with E-state index in [9.17, 15) is 9.59 Å². The summed E-state index contributed by atoms with van der Waals surface area (Å²) < 4.78 is 5.37. The molecule has 1 aliphatic rings. The minimum Gasteiger partial charge on any atom is -0.445 e. The number of hydrogen-bond donors (Lipinski definition) is 1. The quantitative estimate of drug-likeness (QED) is 0.863. The molecule has 1 N–H and O–H groups in total. The van der Waals surface area contributed by atoms with Crippen molar-refractivity contribution in [3.8, 4) is 6.07 Å². The molecular weight excluding hydrogens is 356 g/mol. The lowest BCUT2D eigenvalue weighted by Crippen LogP contribution is -2.41. The van der Waals surface area contributed by atoms with Gasteiger partial charge in [0.05, 0.1) is 0 Å². The van der Waals surface area contributed by atoms with Crippen LogP contribution >= 0.6 is 0 Å². The third-order valence-corrected chi connectivity index (χ3v) is 4.77. The molecule has 1 aromatic heterocycles. The predicted octanol–water partition coefficient (Wildman–Crippen LogP) is 2.73. The lowest BCUT2D eigenvalue weighted by Gasteiger charge is -2.31. The van der Waals surface area contributed by atoms with Gasteiger partial charge >= 0.3 is 6.09 Å². The van der Waals surface area contributed by atoms with Gasteiger partial charge in [0.2, 0.25) is 0 Å². The summed E-state index contributed by atoms with van der Waals surface area (Å²) in [7, 11) is 0. The average Bonchev–Trinajstić information content (AvgIpc) is 2.77. The average molecular weight is 378 g/mol. The van der Waals surface area contributed by atoms with Gasteiger partial charge in [-0.3, -0.25) is 4.79 Å². The van der Waals surface area contributed by atoms with E-state index in [0.29, 0.717) is 31.1 Å². The van der Waals surface area contributed by atoms with Gasteiger partial charge in [0.25, 0.3) is 5.91 Å². The second-order valence-electron chi connectivity index (χ2n) is 6.72. The Balaban J connectivity index is 1.39. The van der Waals surface area contributed by atoms with Crippen molar-refractivity contribution in [2.24, 2.45) is 5.92 Å². The first kappa shape index (κ1) is 19.4. The molecule has 0 unspecified atom stereocenters. The summed E-state index contributed by atoms with van der Waals surface area (Å²) in [6.07, 6.45) is 2.76. The molecule has 0 spiro atoms. The zero-order chi connectivity index (χ0) is 19.8. The van der Waals surface area contributed by atoms with Gasteiger partial charge < -0.3 is 15.0 Å². The summed E-state index contributed by atoms with van der Waals surface area (Å²) in [6, 6.07) is 14.6. The van der Waals surface area contributed by atoms with Gasteiger partial charge in [0.1, 0.15) is 18.4 Å². The van der Waals surface area contributed by atoms with Crippen molar-refractivity contribution in [1.29, 1.82) is 5.26 Å². The third kappa shape index (κ3) is 5.30. The number of carbonyl (C=O) groups excluding carboxylic acids is 2. The Kier molecular flexibility index (Phi) is 6.58. The highest BCUT2D eigenvalue weighted by atomic mass is 16.6. The highest BCUT2D eigenvalue weighted by molar-refractivity contribution is 5.94. The van der Waals surface area contributed by atoms with Gasteiger partial charge in [-0.15, -0.1) is 0 Å². The Bertz CT molecular complexity index is 855. The second-order valence-corrected chi connectivity index (χ2v) is 6.72. The molecule has 28 heavy (non-hydrogen) atoms. The number of carbonyl (C=O) groups is 2. The zero-order valence-electron chi connectivity index (χ0n) is 15.5. The Morgan fingerprint density at radius 1 is 1.21 bits per heavy atom. The van der Waals surface area contributed by atoms with Crippen LogP contribution in [-0.4, -0.2) is 41.5 Å². The van der Waals surface area contributed by atoms with Gasteiger partial charge in [-0.2, -0.15) is 5.26 Å². The van der Waals surface area contributed by atoms with Crippen LogP contribution in [0, 0.1) is 17.2 Å². The van der Waals surface area contributed by atoms with E-state index in [1.807, 2.05) is 36.4 Å². The largest absolute Gasteiger partial charge is 0.445 e. The summed E-state index contributed by atoms with van der Waals surface area (Å²) in [4.78, 5) is 30.0. The van der Waals surface area contributed by atoms with Crippen molar-refractivity contribution >= 4 is 12.0 Å². The van der Waals surface area contributed by atoms with Crippen molar-refractivity contribution in [3.05, 3.63) is 65.5 Å². The number of amides is 2. The number of benzene rings is 1. The minimum atomic E-state index is -0.299. The van der Waals surface area contributed by atoms with Gasteiger partial charge in [-0.1, -0.05) is 30.3 Å². The maximum Gasteiger partial charge on any atom is 0.410 e. The van der Waals surface area contributed by atoms with E-state index in [1.54, 1.807) is 11.0 Å². The molecule has 3 rings (SSSR count). The minimum absolute atomic E-state index is 0.218. The second kappa shape index (κ2) is 9.51. The van der Waals surface area contributed by atoms with Crippen LogP contribution in [0.15, 0.2) is 48.7 Å². The van der Waals surface area contributed by atoms with Crippen molar-refractivity contribution in [3.63, 3.8) is 0 Å². The van der Waals surface area contributed by atoms with Gasteiger partial charge in [-0.05, 0) is 36.5 Å². The Morgan fingerprint density at radius 3 is 2.68 bits per heavy atom. The van der Waals surface area contributed by atoms with Gasteiger partial charge in [0, 0.05) is 31.4 Å². The molecule has 2 amide bonds. The molecule has 7 nitrogen and oxygen atoms in total. The maximum atomic E-state index is 12.2. The number of rotatable bonds is 5. The first-order valence-corrected chi connectivity index (χ1v) is 9.25. The Hall–Kier alpha value is -3.40. The van der Waals surface area contributed by atoms with Crippen LogP contribution in [0.3, 0.4) is 0 Å². The van der Waals surface area contributed by atoms with Gasteiger partial charge in [0.15, 0.2) is 0 Å². The lowest BCUT2D eigenvalue weighted by atomic mass is 9.97. The standard InChI is InChI=1S/C21H22N4O3/c22-13-19-12-18(6-9-23-19)20(26)24-14-16-7-10-25(11-8-16)21(27)28-15-17-4-2-1-3-5-17/h1-6,9,12,16H,7-8,10-11,14-15H2,(H,24,26). The molecule has 0 radical (unpaired) electrons. The van der Waals surface area contributed by atoms with Gasteiger partial charge in [-0.25, -0.2) is 9.78 Å². The number of hydrogen-bond acceptors (Lipinski definition) is 5. The number of piperidine rings is 1. The van der Waals surface area contributed by atoms with Crippen LogP contribution in [0.2, 0.25) is 0 Å². The summed E-state index contributed by atoms with van der Waals surface area (Å²) >= 11 is 0. The number of ether oxygens (including phenoxy) is 1. The molecule has 1 aromatic carbocycles. The lowest BCUT2D eigenvalue weighted by molar-refractivity contribution is 0.0801. The smallest absolute Gasteiger partial charge is 0.410 e. The number of likely N-dealkylation sites (tertiary alicyclic amines) is 1. The van der Waals surface area contributed by atoms with Crippen LogP contribution in [0.25, 0.3) is 0 Å². The Morgan fingerprint density at radius 2 is 1.96 bits per heavy atom. The van der Waals surface area contributed by atoms with E-state index >= 15 is 0 Å². The maximum absolute atomic E-state index is 12.2. The molecular formula is C21H22N4O3. The van der Waals surface area contributed by atoms with E-state index in [1.165, 1.54) is 12.3 Å². The van der Waals surface area contributed by atoms with E-state index in [4.69, 9.17) is 10.00 Å². The normalized spacial score (nSPS) is 14.2. The molecule has 2 aromatic rings. The molecule has 0 bridgehead atoms. The van der Waals surface area contributed by atoms with Crippen LogP contribution < -0.4 is 5.32 Å². The first-order chi connectivity index (χ1) is 13.7. The molecule has 144 valence electrons. The molecule has 1 fully saturated rings. The summed E-state index contributed by atoms with van der Waals surface area (Å²) in [5.74, 6) is 0.0861. The highest BCUT2D eigenvalue weighted by Crippen LogP contribution is 2.18. The van der Waals surface area contributed by atoms with Crippen molar-refractivity contribution in [1.82, 2.24) is 15.2 Å². The molecule has 2 heterocycles. The van der Waals surface area contributed by atoms with Crippen LogP contribution in [0.1, 0.15) is 34.5 Å². The third-order valence-electron chi connectivity index (χ3n) is 4.77. The van der Waals surface area contributed by atoms with Crippen LogP contribution in [0.4, 0.5) is 4.79 Å². The molecule has 0 atom stereocenters. The molecule has 7 heteroatoms. The van der Waals surface area contributed by atoms with Crippen LogP contribution in [0.5, 0.6) is 0 Å². The van der Waals surface area contributed by atoms with Crippen molar-refractivity contribution in [2.45, 2.75) is 19.4 Å². The van der Waals surface area contributed by atoms with Crippen molar-refractivity contribution in [2.75, 3.05) is 19.6 Å². The molecule has 1 saturated heterocycles. The monoisotopic (exact) mass is 378 g/mol. The fourth-order valence-corrected chi connectivity index (χ4v) is 3.10. The zero-order valence-corrected chi connectivity index (χ0v) is 15.5. The van der Waals surface area contributed by atoms with E-state index < -0.39 is 0 Å². The summed E-state index contributed by atoms with van der Waals surface area (Å²) in [5.41, 5.74) is 1.60. The van der Waals surface area contributed by atoms with E-state index in [0.717, 1.165) is 18.4 Å².